The van der Waals surface area contributed by atoms with Crippen molar-refractivity contribution in [3.8, 4) is 0 Å². The van der Waals surface area contributed by atoms with Crippen LogP contribution in [0.1, 0.15) is 32.2 Å². The van der Waals surface area contributed by atoms with Gasteiger partial charge >= 0.3 is 0 Å². The molecule has 8 heteroatoms. The lowest BCUT2D eigenvalue weighted by molar-refractivity contribution is -0.120. The second kappa shape index (κ2) is 8.14. The number of carbonyl (C=O) groups excluding carboxylic acids is 1. The molecule has 1 aromatic carbocycles. The van der Waals surface area contributed by atoms with Crippen molar-refractivity contribution in [3.05, 3.63) is 41.5 Å². The predicted octanol–water partition coefficient (Wildman–Crippen LogP) is 1.97. The van der Waals surface area contributed by atoms with Crippen LogP contribution in [-0.4, -0.2) is 32.6 Å². The molecule has 0 spiro atoms. The number of nitrogens with one attached hydrogen (secondary N) is 1. The Hall–Kier alpha value is -2.09. The standard InChI is InChI=1S/C16H22FN5OS/c1-10(2)9-19-15(23)11(3)24-16-21-20-14(22(16)18)8-12-4-6-13(17)7-5-12/h4-7,10-11H,8-9,18H2,1-3H3,(H,19,23)/t11-/m1/s1. The first-order valence-corrected chi connectivity index (χ1v) is 8.63. The first-order chi connectivity index (χ1) is 11.4. The fourth-order valence-electron chi connectivity index (χ4n) is 1.95. The molecular weight excluding hydrogens is 329 g/mol. The fourth-order valence-corrected chi connectivity index (χ4v) is 2.77. The molecule has 1 amide bonds. The molecule has 6 nitrogen and oxygen atoms in total. The van der Waals surface area contributed by atoms with Gasteiger partial charge < -0.3 is 11.2 Å². The normalized spacial score (nSPS) is 12.4. The molecule has 0 saturated carbocycles. The van der Waals surface area contributed by atoms with E-state index >= 15 is 0 Å². The monoisotopic (exact) mass is 351 g/mol. The van der Waals surface area contributed by atoms with Crippen LogP contribution in [0.2, 0.25) is 0 Å². The van der Waals surface area contributed by atoms with Gasteiger partial charge in [-0.05, 0) is 30.5 Å². The van der Waals surface area contributed by atoms with Crippen LogP contribution >= 0.6 is 11.8 Å². The van der Waals surface area contributed by atoms with Gasteiger partial charge in [-0.25, -0.2) is 9.07 Å². The average molecular weight is 351 g/mol. The summed E-state index contributed by atoms with van der Waals surface area (Å²) in [5.74, 6) is 6.62. The van der Waals surface area contributed by atoms with Crippen LogP contribution in [0.5, 0.6) is 0 Å². The summed E-state index contributed by atoms with van der Waals surface area (Å²) in [6.07, 6.45) is 0.443. The number of nitrogens with two attached hydrogens (primary N) is 1. The van der Waals surface area contributed by atoms with Gasteiger partial charge in [-0.3, -0.25) is 4.79 Å². The van der Waals surface area contributed by atoms with E-state index in [0.717, 1.165) is 5.56 Å². The van der Waals surface area contributed by atoms with Crippen LogP contribution < -0.4 is 11.2 Å². The molecule has 2 aromatic rings. The summed E-state index contributed by atoms with van der Waals surface area (Å²) in [6.45, 7) is 6.51. The van der Waals surface area contributed by atoms with Gasteiger partial charge in [0.05, 0.1) is 5.25 Å². The Balaban J connectivity index is 1.98. The lowest BCUT2D eigenvalue weighted by atomic mass is 10.1. The zero-order valence-corrected chi connectivity index (χ0v) is 14.8. The van der Waals surface area contributed by atoms with E-state index in [-0.39, 0.29) is 17.0 Å². The smallest absolute Gasteiger partial charge is 0.233 e. The second-order valence-corrected chi connectivity index (χ2v) is 7.28. The average Bonchev–Trinajstić information content (AvgIpc) is 2.87. The molecule has 0 bridgehead atoms. The molecule has 3 N–H and O–H groups in total. The number of hydrogen-bond donors (Lipinski definition) is 2. The molecule has 1 heterocycles. The highest BCUT2D eigenvalue weighted by molar-refractivity contribution is 8.00. The van der Waals surface area contributed by atoms with E-state index in [1.165, 1.54) is 28.6 Å². The molecule has 24 heavy (non-hydrogen) atoms. The third-order valence-corrected chi connectivity index (χ3v) is 4.40. The summed E-state index contributed by atoms with van der Waals surface area (Å²) >= 11 is 1.26. The molecule has 0 aliphatic rings. The molecule has 130 valence electrons. The number of nitrogen functional groups attached to an aromatic ring is 1. The molecule has 0 radical (unpaired) electrons. The van der Waals surface area contributed by atoms with E-state index < -0.39 is 0 Å². The van der Waals surface area contributed by atoms with Crippen molar-refractivity contribution in [2.24, 2.45) is 5.92 Å². The maximum absolute atomic E-state index is 12.9. The van der Waals surface area contributed by atoms with E-state index in [4.69, 9.17) is 5.84 Å². The number of halogens is 1. The minimum Gasteiger partial charge on any atom is -0.355 e. The van der Waals surface area contributed by atoms with Crippen molar-refractivity contribution in [1.29, 1.82) is 0 Å². The quantitative estimate of drug-likeness (QED) is 0.588. The molecule has 0 aliphatic heterocycles. The third kappa shape index (κ3) is 4.95. The van der Waals surface area contributed by atoms with Crippen molar-refractivity contribution in [1.82, 2.24) is 20.2 Å². The van der Waals surface area contributed by atoms with E-state index in [9.17, 15) is 9.18 Å². The molecule has 0 fully saturated rings. The number of nitrogens with zero attached hydrogens (tertiary/aromatic N) is 3. The van der Waals surface area contributed by atoms with Crippen LogP contribution in [0.4, 0.5) is 4.39 Å². The van der Waals surface area contributed by atoms with Crippen LogP contribution in [0.15, 0.2) is 29.4 Å². The molecule has 1 aromatic heterocycles. The highest BCUT2D eigenvalue weighted by Gasteiger charge is 2.19. The van der Waals surface area contributed by atoms with Crippen molar-refractivity contribution >= 4 is 17.7 Å². The number of rotatable bonds is 7. The highest BCUT2D eigenvalue weighted by atomic mass is 32.2. The zero-order chi connectivity index (χ0) is 17.7. The Bertz CT molecular complexity index is 686. The first-order valence-electron chi connectivity index (χ1n) is 7.75. The summed E-state index contributed by atoms with van der Waals surface area (Å²) in [5.41, 5.74) is 0.884. The number of aromatic nitrogens is 3. The summed E-state index contributed by atoms with van der Waals surface area (Å²) in [5, 5.41) is 11.1. The van der Waals surface area contributed by atoms with Crippen LogP contribution in [0, 0.1) is 11.7 Å². The maximum atomic E-state index is 12.9. The van der Waals surface area contributed by atoms with Gasteiger partial charge in [0.15, 0.2) is 5.82 Å². The van der Waals surface area contributed by atoms with Gasteiger partial charge in [-0.2, -0.15) is 0 Å². The van der Waals surface area contributed by atoms with Crippen LogP contribution in [0.3, 0.4) is 0 Å². The maximum Gasteiger partial charge on any atom is 0.233 e. The Kier molecular flexibility index (Phi) is 6.19. The lowest BCUT2D eigenvalue weighted by Gasteiger charge is -2.12. The molecule has 2 rings (SSSR count). The fraction of sp³-hybridized carbons (Fsp3) is 0.438. The van der Waals surface area contributed by atoms with E-state index in [1.807, 2.05) is 13.8 Å². The number of amides is 1. The number of carbonyl (C=O) groups is 1. The largest absolute Gasteiger partial charge is 0.355 e. The predicted molar refractivity (Wildman–Crippen MR) is 92.5 cm³/mol. The van der Waals surface area contributed by atoms with Gasteiger partial charge in [0.1, 0.15) is 5.82 Å². The lowest BCUT2D eigenvalue weighted by Crippen LogP contribution is -2.33. The zero-order valence-electron chi connectivity index (χ0n) is 14.0. The topological polar surface area (TPSA) is 85.8 Å². The van der Waals surface area contributed by atoms with Crippen molar-refractivity contribution in [3.63, 3.8) is 0 Å². The minimum atomic E-state index is -0.325. The van der Waals surface area contributed by atoms with Gasteiger partial charge in [-0.1, -0.05) is 37.7 Å². The molecule has 0 saturated heterocycles. The second-order valence-electron chi connectivity index (χ2n) is 5.97. The summed E-state index contributed by atoms with van der Waals surface area (Å²) in [4.78, 5) is 12.0. The van der Waals surface area contributed by atoms with Gasteiger partial charge in [-0.15, -0.1) is 10.2 Å². The van der Waals surface area contributed by atoms with E-state index in [1.54, 1.807) is 19.1 Å². The van der Waals surface area contributed by atoms with Gasteiger partial charge in [0.25, 0.3) is 0 Å². The Morgan fingerprint density at radius 2 is 1.96 bits per heavy atom. The number of thioether (sulfide) groups is 1. The Labute approximate surface area is 145 Å². The van der Waals surface area contributed by atoms with Gasteiger partial charge in [0, 0.05) is 13.0 Å². The molecular formula is C16H22FN5OS. The van der Waals surface area contributed by atoms with Crippen LogP contribution in [0.25, 0.3) is 0 Å². The molecule has 1 atom stereocenters. The third-order valence-electron chi connectivity index (χ3n) is 3.35. The Morgan fingerprint density at radius 1 is 1.29 bits per heavy atom. The van der Waals surface area contributed by atoms with Crippen LogP contribution in [-0.2, 0) is 11.2 Å². The van der Waals surface area contributed by atoms with E-state index in [2.05, 4.69) is 15.5 Å². The van der Waals surface area contributed by atoms with Crippen molar-refractivity contribution in [2.75, 3.05) is 12.4 Å². The Morgan fingerprint density at radius 3 is 2.58 bits per heavy atom. The molecule has 0 unspecified atom stereocenters. The molecule has 0 aliphatic carbocycles. The summed E-state index contributed by atoms with van der Waals surface area (Å²) in [6, 6.07) is 6.14. The van der Waals surface area contributed by atoms with Crippen molar-refractivity contribution in [2.45, 2.75) is 37.6 Å². The van der Waals surface area contributed by atoms with Gasteiger partial charge in [0.2, 0.25) is 11.1 Å². The highest BCUT2D eigenvalue weighted by Crippen LogP contribution is 2.21. The minimum absolute atomic E-state index is 0.0585. The number of hydrogen-bond acceptors (Lipinski definition) is 5. The summed E-state index contributed by atoms with van der Waals surface area (Å²) in [7, 11) is 0. The number of benzene rings is 1. The summed E-state index contributed by atoms with van der Waals surface area (Å²) < 4.78 is 14.3. The first kappa shape index (κ1) is 18.3. The SMILES string of the molecule is CC(C)CNC(=O)[C@@H](C)Sc1nnc(Cc2ccc(F)cc2)n1N. The van der Waals surface area contributed by atoms with E-state index in [0.29, 0.717) is 29.9 Å². The van der Waals surface area contributed by atoms with Crippen molar-refractivity contribution < 1.29 is 9.18 Å².